The smallest absolute Gasteiger partial charge is 0.237 e. The van der Waals surface area contributed by atoms with Crippen LogP contribution in [0.15, 0.2) is 16.7 Å². The van der Waals surface area contributed by atoms with Crippen molar-refractivity contribution >= 4 is 5.78 Å². The second-order valence-corrected chi connectivity index (χ2v) is 4.68. The summed E-state index contributed by atoms with van der Waals surface area (Å²) in [5.41, 5.74) is 0.490. The molecule has 1 saturated carbocycles. The van der Waals surface area contributed by atoms with Crippen LogP contribution in [-0.4, -0.2) is 33.2 Å². The number of ether oxygens (including phenoxy) is 1. The third-order valence-corrected chi connectivity index (χ3v) is 3.37. The summed E-state index contributed by atoms with van der Waals surface area (Å²) < 4.78 is 10.1. The lowest BCUT2D eigenvalue weighted by atomic mass is 9.88. The SMILES string of the molecule is COc1ccc(-c2noc(C3CCCCC3=O)n2)nn1. The number of nitrogens with zero attached hydrogens (tertiary/aromatic N) is 4. The highest BCUT2D eigenvalue weighted by atomic mass is 16.5. The van der Waals surface area contributed by atoms with Crippen molar-refractivity contribution in [2.75, 3.05) is 7.11 Å². The molecule has 0 aliphatic heterocycles. The van der Waals surface area contributed by atoms with Crippen molar-refractivity contribution in [3.63, 3.8) is 0 Å². The Morgan fingerprint density at radius 2 is 2.20 bits per heavy atom. The minimum absolute atomic E-state index is 0.173. The van der Waals surface area contributed by atoms with Gasteiger partial charge in [0.15, 0.2) is 0 Å². The average molecular weight is 274 g/mol. The molecule has 1 unspecified atom stereocenters. The third kappa shape index (κ3) is 2.38. The summed E-state index contributed by atoms with van der Waals surface area (Å²) in [7, 11) is 1.52. The molecule has 0 aromatic carbocycles. The lowest BCUT2D eigenvalue weighted by Crippen LogP contribution is -2.17. The minimum atomic E-state index is -0.267. The summed E-state index contributed by atoms with van der Waals surface area (Å²) in [5.74, 6) is 1.04. The number of aromatic nitrogens is 4. The molecule has 0 amide bonds. The standard InChI is InChI=1S/C13H14N4O3/c1-19-11-7-6-9(15-16-11)12-14-13(20-17-12)8-4-2-3-5-10(8)18/h6-8H,2-5H2,1H3. The molecule has 7 nitrogen and oxygen atoms in total. The molecule has 1 fully saturated rings. The maximum absolute atomic E-state index is 11.9. The highest BCUT2D eigenvalue weighted by Crippen LogP contribution is 2.29. The fraction of sp³-hybridized carbons (Fsp3) is 0.462. The van der Waals surface area contributed by atoms with Gasteiger partial charge in [0.25, 0.3) is 0 Å². The van der Waals surface area contributed by atoms with Gasteiger partial charge in [0, 0.05) is 12.5 Å². The van der Waals surface area contributed by atoms with Crippen LogP contribution in [0.4, 0.5) is 0 Å². The van der Waals surface area contributed by atoms with Gasteiger partial charge in [-0.1, -0.05) is 11.6 Å². The number of methoxy groups -OCH3 is 1. The molecule has 2 heterocycles. The average Bonchev–Trinajstić information content (AvgIpc) is 2.97. The predicted octanol–water partition coefficient (Wildman–Crippen LogP) is 1.76. The van der Waals surface area contributed by atoms with Crippen LogP contribution < -0.4 is 4.74 Å². The van der Waals surface area contributed by atoms with Crippen LogP contribution in [0.25, 0.3) is 11.5 Å². The molecule has 20 heavy (non-hydrogen) atoms. The summed E-state index contributed by atoms with van der Waals surface area (Å²) >= 11 is 0. The van der Waals surface area contributed by atoms with E-state index in [0.29, 0.717) is 29.7 Å². The number of carbonyl (C=O) groups is 1. The van der Waals surface area contributed by atoms with Gasteiger partial charge < -0.3 is 9.26 Å². The van der Waals surface area contributed by atoms with Crippen LogP contribution >= 0.6 is 0 Å². The molecule has 0 saturated heterocycles. The molecule has 3 rings (SSSR count). The van der Waals surface area contributed by atoms with E-state index in [0.717, 1.165) is 19.3 Å². The van der Waals surface area contributed by atoms with E-state index in [1.54, 1.807) is 12.1 Å². The number of carbonyl (C=O) groups excluding carboxylic acids is 1. The maximum atomic E-state index is 11.9. The summed E-state index contributed by atoms with van der Waals surface area (Å²) in [4.78, 5) is 16.1. The number of Topliss-reactive ketones (excluding diaryl/α,β-unsaturated/α-hetero) is 1. The number of hydrogen-bond donors (Lipinski definition) is 0. The summed E-state index contributed by atoms with van der Waals surface area (Å²) in [6.45, 7) is 0. The van der Waals surface area contributed by atoms with Crippen molar-refractivity contribution in [2.45, 2.75) is 31.6 Å². The molecule has 0 radical (unpaired) electrons. The first-order valence-electron chi connectivity index (χ1n) is 6.52. The molecule has 2 aromatic rings. The Kier molecular flexibility index (Phi) is 3.41. The van der Waals surface area contributed by atoms with Crippen molar-refractivity contribution in [1.29, 1.82) is 0 Å². The van der Waals surface area contributed by atoms with E-state index < -0.39 is 0 Å². The van der Waals surface area contributed by atoms with Gasteiger partial charge in [-0.15, -0.1) is 10.2 Å². The summed E-state index contributed by atoms with van der Waals surface area (Å²) in [5, 5.41) is 11.7. The highest BCUT2D eigenvalue weighted by molar-refractivity contribution is 5.85. The molecule has 1 atom stereocenters. The van der Waals surface area contributed by atoms with Crippen LogP contribution in [0.2, 0.25) is 0 Å². The summed E-state index contributed by atoms with van der Waals surface area (Å²) in [6.07, 6.45) is 3.32. The Morgan fingerprint density at radius 3 is 2.90 bits per heavy atom. The van der Waals surface area contributed by atoms with E-state index in [4.69, 9.17) is 9.26 Å². The Bertz CT molecular complexity index is 608. The predicted molar refractivity (Wildman–Crippen MR) is 68.1 cm³/mol. The van der Waals surface area contributed by atoms with Crippen LogP contribution in [-0.2, 0) is 4.79 Å². The van der Waals surface area contributed by atoms with Gasteiger partial charge in [-0.05, 0) is 18.9 Å². The Morgan fingerprint density at radius 1 is 1.30 bits per heavy atom. The van der Waals surface area contributed by atoms with Crippen molar-refractivity contribution in [3.05, 3.63) is 18.0 Å². The molecule has 2 aromatic heterocycles. The van der Waals surface area contributed by atoms with Gasteiger partial charge in [0.1, 0.15) is 11.5 Å². The monoisotopic (exact) mass is 274 g/mol. The second kappa shape index (κ2) is 5.36. The fourth-order valence-electron chi connectivity index (χ4n) is 2.27. The quantitative estimate of drug-likeness (QED) is 0.842. The zero-order valence-electron chi connectivity index (χ0n) is 11.1. The van der Waals surface area contributed by atoms with Crippen LogP contribution in [0, 0.1) is 0 Å². The zero-order valence-corrected chi connectivity index (χ0v) is 11.1. The van der Waals surface area contributed by atoms with E-state index in [2.05, 4.69) is 20.3 Å². The first kappa shape index (κ1) is 12.7. The largest absolute Gasteiger partial charge is 0.480 e. The fourth-order valence-corrected chi connectivity index (χ4v) is 2.27. The zero-order chi connectivity index (χ0) is 13.9. The second-order valence-electron chi connectivity index (χ2n) is 4.68. The minimum Gasteiger partial charge on any atom is -0.480 e. The van der Waals surface area contributed by atoms with Crippen LogP contribution in [0.1, 0.15) is 37.5 Å². The third-order valence-electron chi connectivity index (χ3n) is 3.37. The van der Waals surface area contributed by atoms with Gasteiger partial charge in [0.2, 0.25) is 17.6 Å². The van der Waals surface area contributed by atoms with Gasteiger partial charge in [-0.25, -0.2) is 0 Å². The van der Waals surface area contributed by atoms with E-state index >= 15 is 0 Å². The lowest BCUT2D eigenvalue weighted by Gasteiger charge is -2.16. The number of ketones is 1. The molecular formula is C13H14N4O3. The van der Waals surface area contributed by atoms with Crippen molar-refractivity contribution in [1.82, 2.24) is 20.3 Å². The number of hydrogen-bond acceptors (Lipinski definition) is 7. The van der Waals surface area contributed by atoms with Gasteiger partial charge in [0.05, 0.1) is 13.0 Å². The Hall–Kier alpha value is -2.31. The van der Waals surface area contributed by atoms with Crippen molar-refractivity contribution in [3.8, 4) is 17.4 Å². The molecule has 1 aliphatic carbocycles. The highest BCUT2D eigenvalue weighted by Gasteiger charge is 2.29. The molecule has 7 heteroatoms. The first-order chi connectivity index (χ1) is 9.78. The molecule has 1 aliphatic rings. The van der Waals surface area contributed by atoms with Crippen molar-refractivity contribution in [2.24, 2.45) is 0 Å². The van der Waals surface area contributed by atoms with E-state index in [-0.39, 0.29) is 11.7 Å². The van der Waals surface area contributed by atoms with Gasteiger partial charge >= 0.3 is 0 Å². The van der Waals surface area contributed by atoms with E-state index in [1.807, 2.05) is 0 Å². The summed E-state index contributed by atoms with van der Waals surface area (Å²) in [6, 6.07) is 3.37. The molecule has 0 N–H and O–H groups in total. The normalized spacial score (nSPS) is 19.1. The first-order valence-corrected chi connectivity index (χ1v) is 6.52. The molecule has 0 bridgehead atoms. The topological polar surface area (TPSA) is 91.0 Å². The Labute approximate surface area is 115 Å². The lowest BCUT2D eigenvalue weighted by molar-refractivity contribution is -0.122. The molecule has 104 valence electrons. The molecule has 0 spiro atoms. The van der Waals surface area contributed by atoms with E-state index in [1.165, 1.54) is 7.11 Å². The maximum Gasteiger partial charge on any atom is 0.237 e. The number of rotatable bonds is 3. The van der Waals surface area contributed by atoms with E-state index in [9.17, 15) is 4.79 Å². The van der Waals surface area contributed by atoms with Gasteiger partial charge in [-0.2, -0.15) is 4.98 Å². The van der Waals surface area contributed by atoms with Crippen LogP contribution in [0.5, 0.6) is 5.88 Å². The molecular weight excluding hydrogens is 260 g/mol. The van der Waals surface area contributed by atoms with Gasteiger partial charge in [-0.3, -0.25) is 4.79 Å². The Balaban J connectivity index is 1.83. The van der Waals surface area contributed by atoms with Crippen LogP contribution in [0.3, 0.4) is 0 Å². The van der Waals surface area contributed by atoms with Crippen molar-refractivity contribution < 1.29 is 14.1 Å².